The van der Waals surface area contributed by atoms with Gasteiger partial charge in [-0.3, -0.25) is 4.79 Å². The highest BCUT2D eigenvalue weighted by molar-refractivity contribution is 9.10. The molecule has 0 saturated carbocycles. The summed E-state index contributed by atoms with van der Waals surface area (Å²) in [7, 11) is 0. The van der Waals surface area contributed by atoms with E-state index in [0.29, 0.717) is 13.0 Å². The van der Waals surface area contributed by atoms with Crippen molar-refractivity contribution in [2.75, 3.05) is 22.6 Å². The molecule has 5 heteroatoms. The molecule has 0 fully saturated rings. The van der Waals surface area contributed by atoms with Crippen molar-refractivity contribution in [2.45, 2.75) is 26.2 Å². The van der Waals surface area contributed by atoms with Gasteiger partial charge in [-0.05, 0) is 6.42 Å². The van der Waals surface area contributed by atoms with E-state index in [4.69, 9.17) is 4.74 Å². The summed E-state index contributed by atoms with van der Waals surface area (Å²) < 4.78 is 5.25. The highest BCUT2D eigenvalue weighted by Crippen LogP contribution is 2.26. The summed E-state index contributed by atoms with van der Waals surface area (Å²) in [6, 6.07) is 0. The number of esters is 1. The van der Waals surface area contributed by atoms with Crippen molar-refractivity contribution in [3.8, 4) is 0 Å². The zero-order chi connectivity index (χ0) is 11.7. The molecule has 0 radical (unpaired) electrons. The Hall–Kier alpha value is 0.910. The summed E-state index contributed by atoms with van der Waals surface area (Å²) in [5, 5.41) is 2.41. The van der Waals surface area contributed by atoms with Gasteiger partial charge in [-0.2, -0.15) is 0 Å². The van der Waals surface area contributed by atoms with Crippen LogP contribution < -0.4 is 0 Å². The molecular formula is C10H17Br3O2. The van der Waals surface area contributed by atoms with E-state index >= 15 is 0 Å². The summed E-state index contributed by atoms with van der Waals surface area (Å²) in [5.41, 5.74) is -0.0398. The lowest BCUT2D eigenvalue weighted by Gasteiger charge is -2.26. The van der Waals surface area contributed by atoms with Gasteiger partial charge in [0.15, 0.2) is 0 Å². The lowest BCUT2D eigenvalue weighted by atomic mass is 9.98. The van der Waals surface area contributed by atoms with Gasteiger partial charge in [0.25, 0.3) is 0 Å². The van der Waals surface area contributed by atoms with Gasteiger partial charge in [-0.1, -0.05) is 61.1 Å². The molecule has 15 heavy (non-hydrogen) atoms. The zero-order valence-corrected chi connectivity index (χ0v) is 13.7. The van der Waals surface area contributed by atoms with E-state index in [1.807, 2.05) is 0 Å². The van der Waals surface area contributed by atoms with Crippen molar-refractivity contribution in [3.05, 3.63) is 0 Å². The van der Waals surface area contributed by atoms with Crippen molar-refractivity contribution in [1.29, 1.82) is 0 Å². The fraction of sp³-hybridized carbons (Fsp3) is 0.900. The van der Waals surface area contributed by atoms with Crippen LogP contribution in [0.15, 0.2) is 0 Å². The van der Waals surface area contributed by atoms with Gasteiger partial charge in [0.2, 0.25) is 0 Å². The maximum atomic E-state index is 11.3. The number of halogens is 3. The molecule has 0 aliphatic heterocycles. The summed E-state index contributed by atoms with van der Waals surface area (Å²) in [6.07, 6.45) is 2.46. The van der Waals surface area contributed by atoms with E-state index < -0.39 is 0 Å². The zero-order valence-electron chi connectivity index (χ0n) is 8.90. The third-order valence-corrected chi connectivity index (χ3v) is 5.69. The molecule has 0 atom stereocenters. The van der Waals surface area contributed by atoms with Crippen LogP contribution in [0.25, 0.3) is 0 Å². The van der Waals surface area contributed by atoms with Crippen LogP contribution in [-0.4, -0.2) is 28.6 Å². The molecule has 0 aromatic rings. The van der Waals surface area contributed by atoms with Gasteiger partial charge >= 0.3 is 5.97 Å². The molecule has 0 aliphatic rings. The molecule has 0 heterocycles. The van der Waals surface area contributed by atoms with Crippen LogP contribution in [0, 0.1) is 5.41 Å². The third kappa shape index (κ3) is 6.27. The topological polar surface area (TPSA) is 26.3 Å². The van der Waals surface area contributed by atoms with Crippen LogP contribution in [0.5, 0.6) is 0 Å². The van der Waals surface area contributed by atoms with Crippen LogP contribution in [0.2, 0.25) is 0 Å². The predicted molar refractivity (Wildman–Crippen MR) is 74.3 cm³/mol. The van der Waals surface area contributed by atoms with Crippen LogP contribution in [0.3, 0.4) is 0 Å². The molecule has 0 unspecified atom stereocenters. The van der Waals surface area contributed by atoms with Gasteiger partial charge in [0.1, 0.15) is 0 Å². The Bertz CT molecular complexity index is 173. The SMILES string of the molecule is CCCCC(=O)OCC(CBr)(CBr)CBr. The van der Waals surface area contributed by atoms with E-state index in [-0.39, 0.29) is 11.4 Å². The Balaban J connectivity index is 3.93. The second kappa shape index (κ2) is 8.99. The molecule has 0 saturated heterocycles. The predicted octanol–water partition coefficient (Wildman–Crippen LogP) is 3.89. The number of hydrogen-bond donors (Lipinski definition) is 0. The number of ether oxygens (including phenoxy) is 1. The quantitative estimate of drug-likeness (QED) is 0.450. The average Bonchev–Trinajstić information content (AvgIpc) is 2.29. The van der Waals surface area contributed by atoms with Crippen LogP contribution in [0.1, 0.15) is 26.2 Å². The van der Waals surface area contributed by atoms with E-state index in [2.05, 4.69) is 54.7 Å². The minimum absolute atomic E-state index is 0.0398. The van der Waals surface area contributed by atoms with Gasteiger partial charge in [0, 0.05) is 27.8 Å². The highest BCUT2D eigenvalue weighted by Gasteiger charge is 2.28. The summed E-state index contributed by atoms with van der Waals surface area (Å²) >= 11 is 10.3. The standard InChI is InChI=1S/C10H17Br3O2/c1-2-3-4-9(14)15-8-10(5-11,6-12)7-13/h2-8H2,1H3. The smallest absolute Gasteiger partial charge is 0.305 e. The van der Waals surface area contributed by atoms with Crippen molar-refractivity contribution >= 4 is 53.8 Å². The van der Waals surface area contributed by atoms with Gasteiger partial charge in [0.05, 0.1) is 6.61 Å². The number of alkyl halides is 3. The number of unbranched alkanes of at least 4 members (excludes halogenated alkanes) is 1. The van der Waals surface area contributed by atoms with Crippen LogP contribution >= 0.6 is 47.8 Å². The maximum Gasteiger partial charge on any atom is 0.305 e. The van der Waals surface area contributed by atoms with E-state index in [0.717, 1.165) is 28.8 Å². The Labute approximate surface area is 117 Å². The first kappa shape index (κ1) is 15.9. The maximum absolute atomic E-state index is 11.3. The van der Waals surface area contributed by atoms with Crippen molar-refractivity contribution < 1.29 is 9.53 Å². The first-order chi connectivity index (χ1) is 7.14. The molecule has 2 nitrogen and oxygen atoms in total. The van der Waals surface area contributed by atoms with Crippen LogP contribution in [-0.2, 0) is 9.53 Å². The third-order valence-electron chi connectivity index (χ3n) is 2.12. The first-order valence-corrected chi connectivity index (χ1v) is 8.34. The molecule has 0 N–H and O–H groups in total. The minimum Gasteiger partial charge on any atom is -0.465 e. The molecule has 0 spiro atoms. The monoisotopic (exact) mass is 406 g/mol. The molecule has 0 bridgehead atoms. The molecule has 0 aliphatic carbocycles. The molecule has 0 aromatic heterocycles. The minimum atomic E-state index is -0.0934. The Morgan fingerprint density at radius 1 is 1.20 bits per heavy atom. The molecule has 0 aromatic carbocycles. The number of carbonyl (C=O) groups excluding carboxylic acids is 1. The second-order valence-corrected chi connectivity index (χ2v) is 5.35. The molecular weight excluding hydrogens is 392 g/mol. The summed E-state index contributed by atoms with van der Waals surface area (Å²) in [4.78, 5) is 11.3. The van der Waals surface area contributed by atoms with Gasteiger partial charge < -0.3 is 4.74 Å². The number of hydrogen-bond acceptors (Lipinski definition) is 2. The first-order valence-electron chi connectivity index (χ1n) is 4.97. The summed E-state index contributed by atoms with van der Waals surface area (Å²) in [6.45, 7) is 2.52. The van der Waals surface area contributed by atoms with Gasteiger partial charge in [-0.25, -0.2) is 0 Å². The lowest BCUT2D eigenvalue weighted by molar-refractivity contribution is -0.146. The van der Waals surface area contributed by atoms with E-state index in [1.165, 1.54) is 0 Å². The van der Waals surface area contributed by atoms with E-state index in [1.54, 1.807) is 0 Å². The normalized spacial score (nSPS) is 11.5. The Morgan fingerprint density at radius 3 is 2.13 bits per heavy atom. The number of rotatable bonds is 8. The molecule has 90 valence electrons. The van der Waals surface area contributed by atoms with Crippen molar-refractivity contribution in [1.82, 2.24) is 0 Å². The van der Waals surface area contributed by atoms with Gasteiger partial charge in [-0.15, -0.1) is 0 Å². The highest BCUT2D eigenvalue weighted by atomic mass is 79.9. The van der Waals surface area contributed by atoms with Crippen LogP contribution in [0.4, 0.5) is 0 Å². The fourth-order valence-corrected chi connectivity index (χ4v) is 4.12. The van der Waals surface area contributed by atoms with Crippen molar-refractivity contribution in [2.24, 2.45) is 5.41 Å². The number of carbonyl (C=O) groups is 1. The Morgan fingerprint density at radius 2 is 1.73 bits per heavy atom. The summed E-state index contributed by atoms with van der Waals surface area (Å²) in [5.74, 6) is -0.0934. The van der Waals surface area contributed by atoms with Crippen molar-refractivity contribution in [3.63, 3.8) is 0 Å². The largest absolute Gasteiger partial charge is 0.465 e. The average molecular weight is 409 g/mol. The van der Waals surface area contributed by atoms with E-state index in [9.17, 15) is 4.79 Å². The lowest BCUT2D eigenvalue weighted by Crippen LogP contribution is -2.33. The molecule has 0 rings (SSSR count). The fourth-order valence-electron chi connectivity index (χ4n) is 0.850. The Kier molecular flexibility index (Phi) is 9.54. The molecule has 0 amide bonds. The second-order valence-electron chi connectivity index (χ2n) is 3.67.